The van der Waals surface area contributed by atoms with Crippen LogP contribution in [0, 0.1) is 0 Å². The number of aryl methyl sites for hydroxylation is 1. The van der Waals surface area contributed by atoms with Gasteiger partial charge in [0.15, 0.2) is 0 Å². The zero-order chi connectivity index (χ0) is 16.7. The molecule has 2 aliphatic rings. The quantitative estimate of drug-likeness (QED) is 0.883. The molecule has 0 radical (unpaired) electrons. The van der Waals surface area contributed by atoms with Crippen molar-refractivity contribution in [1.82, 2.24) is 9.97 Å². The zero-order valence-electron chi connectivity index (χ0n) is 13.5. The van der Waals surface area contributed by atoms with E-state index in [0.717, 1.165) is 48.7 Å². The van der Waals surface area contributed by atoms with Crippen molar-refractivity contribution in [2.75, 3.05) is 0 Å². The highest BCUT2D eigenvalue weighted by Crippen LogP contribution is 2.47. The summed E-state index contributed by atoms with van der Waals surface area (Å²) in [7, 11) is 0. The number of fused-ring (bicyclic) bond motifs is 3. The summed E-state index contributed by atoms with van der Waals surface area (Å²) in [4.78, 5) is 22.5. The Balaban J connectivity index is 1.68. The Morgan fingerprint density at radius 2 is 2.04 bits per heavy atom. The number of amides is 1. The molecule has 1 amide bonds. The fraction of sp³-hybridized carbons (Fsp3) is 0.588. The SMILES string of the molecule is NC(=O)C[C@H]1CCc2sc3ncnc(O[C@H]4CC[C@H](N)CC4)c3c21. The van der Waals surface area contributed by atoms with Gasteiger partial charge in [0, 0.05) is 17.3 Å². The van der Waals surface area contributed by atoms with E-state index in [4.69, 9.17) is 16.2 Å². The Bertz CT molecular complexity index is 767. The van der Waals surface area contributed by atoms with E-state index in [0.29, 0.717) is 18.3 Å². The van der Waals surface area contributed by atoms with E-state index in [1.807, 2.05) is 0 Å². The van der Waals surface area contributed by atoms with Gasteiger partial charge in [0.05, 0.1) is 5.39 Å². The molecule has 0 spiro atoms. The number of hydrogen-bond donors (Lipinski definition) is 2. The number of rotatable bonds is 4. The Morgan fingerprint density at radius 1 is 1.25 bits per heavy atom. The van der Waals surface area contributed by atoms with Crippen LogP contribution in [0.2, 0.25) is 0 Å². The third-order valence-corrected chi connectivity index (χ3v) is 6.31. The summed E-state index contributed by atoms with van der Waals surface area (Å²) in [6.07, 6.45) is 7.96. The first-order valence-corrected chi connectivity index (χ1v) is 9.40. The fourth-order valence-corrected chi connectivity index (χ4v) is 5.17. The van der Waals surface area contributed by atoms with Crippen molar-refractivity contribution in [3.05, 3.63) is 16.8 Å². The molecule has 6 nitrogen and oxygen atoms in total. The number of aromatic nitrogens is 2. The van der Waals surface area contributed by atoms with Crippen LogP contribution in [0.5, 0.6) is 5.88 Å². The topological polar surface area (TPSA) is 104 Å². The first kappa shape index (κ1) is 15.8. The van der Waals surface area contributed by atoms with Gasteiger partial charge in [-0.15, -0.1) is 11.3 Å². The lowest BCUT2D eigenvalue weighted by molar-refractivity contribution is -0.118. The number of ether oxygens (including phenoxy) is 1. The maximum atomic E-state index is 11.4. The molecule has 1 fully saturated rings. The molecule has 7 heteroatoms. The lowest BCUT2D eigenvalue weighted by Crippen LogP contribution is -2.31. The van der Waals surface area contributed by atoms with Gasteiger partial charge < -0.3 is 16.2 Å². The Kier molecular flexibility index (Phi) is 4.14. The molecule has 0 bridgehead atoms. The van der Waals surface area contributed by atoms with Crippen LogP contribution in [0.15, 0.2) is 6.33 Å². The van der Waals surface area contributed by atoms with Crippen LogP contribution in [-0.4, -0.2) is 28.0 Å². The summed E-state index contributed by atoms with van der Waals surface area (Å²) < 4.78 is 6.24. The van der Waals surface area contributed by atoms with E-state index in [2.05, 4.69) is 9.97 Å². The van der Waals surface area contributed by atoms with Gasteiger partial charge in [-0.3, -0.25) is 4.79 Å². The van der Waals surface area contributed by atoms with Gasteiger partial charge in [0.2, 0.25) is 11.8 Å². The number of primary amides is 1. The van der Waals surface area contributed by atoms with E-state index in [-0.39, 0.29) is 17.9 Å². The number of hydrogen-bond acceptors (Lipinski definition) is 6. The maximum absolute atomic E-state index is 11.4. The van der Waals surface area contributed by atoms with E-state index >= 15 is 0 Å². The normalized spacial score (nSPS) is 26.5. The zero-order valence-corrected chi connectivity index (χ0v) is 14.3. The lowest BCUT2D eigenvalue weighted by atomic mass is 9.93. The van der Waals surface area contributed by atoms with Gasteiger partial charge in [0.1, 0.15) is 17.3 Å². The Labute approximate surface area is 144 Å². The summed E-state index contributed by atoms with van der Waals surface area (Å²) in [5, 5.41) is 0.996. The molecule has 1 atom stereocenters. The number of carbonyl (C=O) groups is 1. The summed E-state index contributed by atoms with van der Waals surface area (Å²) in [6.45, 7) is 0. The molecule has 2 aliphatic carbocycles. The maximum Gasteiger partial charge on any atom is 0.225 e. The van der Waals surface area contributed by atoms with Crippen LogP contribution in [0.3, 0.4) is 0 Å². The number of nitrogens with two attached hydrogens (primary N) is 2. The molecule has 128 valence electrons. The second-order valence-electron chi connectivity index (χ2n) is 6.86. The van der Waals surface area contributed by atoms with E-state index in [1.165, 1.54) is 10.4 Å². The average molecular weight is 346 g/mol. The average Bonchev–Trinajstić information content (AvgIpc) is 3.09. The van der Waals surface area contributed by atoms with Crippen LogP contribution in [0.25, 0.3) is 10.2 Å². The molecular weight excluding hydrogens is 324 g/mol. The fourth-order valence-electron chi connectivity index (χ4n) is 3.94. The minimum Gasteiger partial charge on any atom is -0.474 e. The highest BCUT2D eigenvalue weighted by Gasteiger charge is 2.31. The van der Waals surface area contributed by atoms with Gasteiger partial charge >= 0.3 is 0 Å². The van der Waals surface area contributed by atoms with Gasteiger partial charge in [-0.05, 0) is 50.0 Å². The molecule has 0 saturated heterocycles. The molecule has 2 aromatic rings. The van der Waals surface area contributed by atoms with Crippen molar-refractivity contribution in [3.8, 4) is 5.88 Å². The van der Waals surface area contributed by atoms with Crippen LogP contribution < -0.4 is 16.2 Å². The molecule has 2 heterocycles. The van der Waals surface area contributed by atoms with Crippen molar-refractivity contribution >= 4 is 27.5 Å². The van der Waals surface area contributed by atoms with E-state index in [1.54, 1.807) is 17.7 Å². The summed E-state index contributed by atoms with van der Waals surface area (Å²) >= 11 is 1.69. The molecule has 2 aromatic heterocycles. The smallest absolute Gasteiger partial charge is 0.225 e. The van der Waals surface area contributed by atoms with Crippen molar-refractivity contribution in [3.63, 3.8) is 0 Å². The Hall–Kier alpha value is -1.73. The predicted molar refractivity (Wildman–Crippen MR) is 93.1 cm³/mol. The first-order valence-electron chi connectivity index (χ1n) is 8.58. The van der Waals surface area contributed by atoms with Crippen LogP contribution >= 0.6 is 11.3 Å². The van der Waals surface area contributed by atoms with Gasteiger partial charge in [-0.2, -0.15) is 0 Å². The van der Waals surface area contributed by atoms with Crippen molar-refractivity contribution in [2.45, 2.75) is 63.0 Å². The van der Waals surface area contributed by atoms with Crippen molar-refractivity contribution in [2.24, 2.45) is 11.5 Å². The van der Waals surface area contributed by atoms with Crippen LogP contribution in [0.1, 0.15) is 54.9 Å². The third kappa shape index (κ3) is 2.86. The minimum absolute atomic E-state index is 0.162. The molecule has 0 unspecified atom stereocenters. The molecule has 0 aromatic carbocycles. The predicted octanol–water partition coefficient (Wildman–Crippen LogP) is 2.25. The van der Waals surface area contributed by atoms with Gasteiger partial charge in [-0.1, -0.05) is 0 Å². The first-order chi connectivity index (χ1) is 11.6. The monoisotopic (exact) mass is 346 g/mol. The highest BCUT2D eigenvalue weighted by molar-refractivity contribution is 7.19. The second-order valence-corrected chi connectivity index (χ2v) is 7.94. The molecule has 4 rings (SSSR count). The van der Waals surface area contributed by atoms with Gasteiger partial charge in [-0.25, -0.2) is 9.97 Å². The molecule has 1 saturated carbocycles. The van der Waals surface area contributed by atoms with Crippen molar-refractivity contribution < 1.29 is 9.53 Å². The largest absolute Gasteiger partial charge is 0.474 e. The summed E-state index contributed by atoms with van der Waals surface area (Å²) in [5.41, 5.74) is 12.6. The van der Waals surface area contributed by atoms with E-state index in [9.17, 15) is 4.79 Å². The standard InChI is InChI=1S/C17H22N4O2S/c18-10-2-4-11(5-3-10)23-16-15-14-9(7-13(19)22)1-6-12(14)24-17(15)21-8-20-16/h8-11H,1-7,18H2,(H2,19,22)/t9-,10-,11-/m1/s1. The molecule has 24 heavy (non-hydrogen) atoms. The second kappa shape index (κ2) is 6.29. The number of nitrogens with zero attached hydrogens (tertiary/aromatic N) is 2. The number of carbonyl (C=O) groups excluding carboxylic acids is 1. The Morgan fingerprint density at radius 3 is 2.79 bits per heavy atom. The van der Waals surface area contributed by atoms with E-state index < -0.39 is 0 Å². The molecule has 4 N–H and O–H groups in total. The highest BCUT2D eigenvalue weighted by atomic mass is 32.1. The van der Waals surface area contributed by atoms with Gasteiger partial charge in [0.25, 0.3) is 0 Å². The minimum atomic E-state index is -0.257. The third-order valence-electron chi connectivity index (χ3n) is 5.14. The lowest BCUT2D eigenvalue weighted by Gasteiger charge is -2.26. The summed E-state index contributed by atoms with van der Waals surface area (Å²) in [5.74, 6) is 0.571. The van der Waals surface area contributed by atoms with Crippen LogP contribution in [0.4, 0.5) is 0 Å². The number of thiophene rings is 1. The summed E-state index contributed by atoms with van der Waals surface area (Å²) in [6, 6.07) is 0.292. The van der Waals surface area contributed by atoms with Crippen LogP contribution in [-0.2, 0) is 11.2 Å². The van der Waals surface area contributed by atoms with Crippen molar-refractivity contribution in [1.29, 1.82) is 0 Å². The molecular formula is C17H22N4O2S. The molecule has 0 aliphatic heterocycles.